The highest BCUT2D eigenvalue weighted by molar-refractivity contribution is 7.99. The van der Waals surface area contributed by atoms with Gasteiger partial charge in [-0.3, -0.25) is 0 Å². The summed E-state index contributed by atoms with van der Waals surface area (Å²) in [7, 11) is 0. The number of aliphatic hydroxyl groups is 1. The number of hydrogen-bond donors (Lipinski definition) is 1. The van der Waals surface area contributed by atoms with E-state index in [9.17, 15) is 9.90 Å². The van der Waals surface area contributed by atoms with Crippen LogP contribution in [0.3, 0.4) is 0 Å². The molecule has 0 bridgehead atoms. The average Bonchev–Trinajstić information content (AvgIpc) is 2.75. The van der Waals surface area contributed by atoms with Gasteiger partial charge in [-0.05, 0) is 23.4 Å². The van der Waals surface area contributed by atoms with Crippen LogP contribution in [0.15, 0.2) is 60.7 Å². The number of esters is 1. The van der Waals surface area contributed by atoms with Crippen LogP contribution in [0.4, 0.5) is 0 Å². The smallest absolute Gasteiger partial charge is 0.338 e. The molecule has 1 aliphatic rings. The Morgan fingerprint density at radius 3 is 2.41 bits per heavy atom. The first-order chi connectivity index (χ1) is 14.1. The molecule has 5 nitrogen and oxygen atoms in total. The Balaban J connectivity index is 1.62. The van der Waals surface area contributed by atoms with Gasteiger partial charge in [0.05, 0.1) is 24.9 Å². The number of hydrogen-bond acceptors (Lipinski definition) is 6. The lowest BCUT2D eigenvalue weighted by atomic mass is 9.91. The summed E-state index contributed by atoms with van der Waals surface area (Å²) in [6.07, 6.45) is -1.79. The molecule has 1 aliphatic heterocycles. The topological polar surface area (TPSA) is 65.0 Å². The Morgan fingerprint density at radius 2 is 1.76 bits per heavy atom. The molecule has 1 heterocycles. The normalized spacial score (nSPS) is 26.8. The van der Waals surface area contributed by atoms with E-state index in [-0.39, 0.29) is 18.0 Å². The molecule has 1 fully saturated rings. The van der Waals surface area contributed by atoms with Crippen LogP contribution in [0.25, 0.3) is 0 Å². The van der Waals surface area contributed by atoms with Crippen molar-refractivity contribution in [3.8, 4) is 0 Å². The summed E-state index contributed by atoms with van der Waals surface area (Å²) in [5, 5.41) is 10.8. The van der Waals surface area contributed by atoms with Crippen molar-refractivity contribution in [2.45, 2.75) is 44.2 Å². The van der Waals surface area contributed by atoms with Gasteiger partial charge in [0.2, 0.25) is 0 Å². The molecular weight excluding hydrogens is 388 g/mol. The first-order valence-corrected chi connectivity index (χ1v) is 11.0. The van der Waals surface area contributed by atoms with E-state index in [0.29, 0.717) is 12.2 Å². The molecule has 6 heteroatoms. The quantitative estimate of drug-likeness (QED) is 0.659. The maximum absolute atomic E-state index is 12.5. The number of rotatable bonds is 8. The minimum Gasteiger partial charge on any atom is -0.455 e. The zero-order chi connectivity index (χ0) is 20.6. The number of carbonyl (C=O) groups excluding carboxylic acids is 1. The summed E-state index contributed by atoms with van der Waals surface area (Å²) in [4.78, 5) is 12.5. The maximum Gasteiger partial charge on any atom is 0.338 e. The van der Waals surface area contributed by atoms with Gasteiger partial charge in [0, 0.05) is 5.92 Å². The van der Waals surface area contributed by atoms with Crippen molar-refractivity contribution in [2.24, 2.45) is 5.92 Å². The van der Waals surface area contributed by atoms with Gasteiger partial charge in [0.25, 0.3) is 0 Å². The molecule has 3 rings (SSSR count). The Labute approximate surface area is 176 Å². The molecular formula is C23H28O5S. The van der Waals surface area contributed by atoms with Crippen LogP contribution in [0.2, 0.25) is 0 Å². The molecule has 0 spiro atoms. The SMILES string of the molecule is CCS[C@@H]1OC(COCc2ccccc2)[C@@H](O)[C@H](C)C1OC(=O)c1ccccc1. The largest absolute Gasteiger partial charge is 0.455 e. The van der Waals surface area contributed by atoms with Crippen molar-refractivity contribution in [1.29, 1.82) is 0 Å². The molecule has 0 aliphatic carbocycles. The van der Waals surface area contributed by atoms with Gasteiger partial charge < -0.3 is 19.3 Å². The van der Waals surface area contributed by atoms with Crippen LogP contribution >= 0.6 is 11.8 Å². The first-order valence-electron chi connectivity index (χ1n) is 9.93. The minimum absolute atomic E-state index is 0.272. The molecule has 2 aromatic carbocycles. The van der Waals surface area contributed by atoms with Crippen LogP contribution in [0.1, 0.15) is 29.8 Å². The Kier molecular flexibility index (Phi) is 8.12. The molecule has 1 saturated heterocycles. The van der Waals surface area contributed by atoms with Crippen molar-refractivity contribution >= 4 is 17.7 Å². The van der Waals surface area contributed by atoms with Gasteiger partial charge in [0.15, 0.2) is 0 Å². The van der Waals surface area contributed by atoms with E-state index in [1.165, 1.54) is 0 Å². The molecule has 0 saturated carbocycles. The number of aliphatic hydroxyl groups excluding tert-OH is 1. The number of ether oxygens (including phenoxy) is 3. The lowest BCUT2D eigenvalue weighted by Crippen LogP contribution is -2.55. The lowest BCUT2D eigenvalue weighted by Gasteiger charge is -2.42. The number of benzene rings is 2. The van der Waals surface area contributed by atoms with Crippen LogP contribution in [0, 0.1) is 5.92 Å². The van der Waals surface area contributed by atoms with Crippen molar-refractivity contribution < 1.29 is 24.1 Å². The summed E-state index contributed by atoms with van der Waals surface area (Å²) in [5.41, 5.74) is 1.21. The predicted molar refractivity (Wildman–Crippen MR) is 114 cm³/mol. The molecule has 156 valence electrons. The second kappa shape index (κ2) is 10.8. The average molecular weight is 417 g/mol. The lowest BCUT2D eigenvalue weighted by molar-refractivity contribution is -0.185. The number of carbonyl (C=O) groups is 1. The van der Waals surface area contributed by atoms with E-state index in [0.717, 1.165) is 11.3 Å². The van der Waals surface area contributed by atoms with Crippen molar-refractivity contribution in [2.75, 3.05) is 12.4 Å². The fraction of sp³-hybridized carbons (Fsp3) is 0.435. The second-order valence-electron chi connectivity index (χ2n) is 7.08. The van der Waals surface area contributed by atoms with E-state index < -0.39 is 24.3 Å². The van der Waals surface area contributed by atoms with Gasteiger partial charge in [-0.1, -0.05) is 62.4 Å². The van der Waals surface area contributed by atoms with E-state index in [1.54, 1.807) is 36.0 Å². The standard InChI is InChI=1S/C23H28O5S/c1-3-29-23-21(28-22(25)18-12-8-5-9-13-18)16(2)20(24)19(27-23)15-26-14-17-10-6-4-7-11-17/h4-13,16,19-21,23-24H,3,14-15H2,1-2H3/t16-,19?,20-,21?,23-/m0/s1. The van der Waals surface area contributed by atoms with Gasteiger partial charge in [-0.15, -0.1) is 11.8 Å². The summed E-state index contributed by atoms with van der Waals surface area (Å²) >= 11 is 1.57. The fourth-order valence-corrected chi connectivity index (χ4v) is 4.39. The highest BCUT2D eigenvalue weighted by Gasteiger charge is 2.45. The summed E-state index contributed by atoms with van der Waals surface area (Å²) in [6, 6.07) is 18.8. The predicted octanol–water partition coefficient (Wildman–Crippen LogP) is 3.90. The highest BCUT2D eigenvalue weighted by Crippen LogP contribution is 2.34. The molecule has 29 heavy (non-hydrogen) atoms. The van der Waals surface area contributed by atoms with Gasteiger partial charge >= 0.3 is 5.97 Å². The third-order valence-electron chi connectivity index (χ3n) is 4.99. The van der Waals surface area contributed by atoms with E-state index >= 15 is 0 Å². The van der Waals surface area contributed by atoms with Crippen LogP contribution < -0.4 is 0 Å². The Bertz CT molecular complexity index is 754. The summed E-state index contributed by atoms with van der Waals surface area (Å²) in [5.74, 6) is 0.134. The molecule has 0 aromatic heterocycles. The van der Waals surface area contributed by atoms with E-state index in [4.69, 9.17) is 14.2 Å². The third-order valence-corrected chi connectivity index (χ3v) is 6.03. The molecule has 2 unspecified atom stereocenters. The van der Waals surface area contributed by atoms with Crippen LogP contribution in [-0.4, -0.2) is 47.2 Å². The summed E-state index contributed by atoms with van der Waals surface area (Å²) in [6.45, 7) is 4.66. The first kappa shape index (κ1) is 21.8. The monoisotopic (exact) mass is 416 g/mol. The van der Waals surface area contributed by atoms with Crippen molar-refractivity contribution in [3.63, 3.8) is 0 Å². The molecule has 5 atom stereocenters. The molecule has 0 amide bonds. The summed E-state index contributed by atoms with van der Waals surface area (Å²) < 4.78 is 17.7. The van der Waals surface area contributed by atoms with Crippen LogP contribution in [0.5, 0.6) is 0 Å². The van der Waals surface area contributed by atoms with E-state index in [1.807, 2.05) is 50.2 Å². The zero-order valence-corrected chi connectivity index (χ0v) is 17.6. The van der Waals surface area contributed by atoms with E-state index in [2.05, 4.69) is 0 Å². The fourth-order valence-electron chi connectivity index (χ4n) is 3.34. The Morgan fingerprint density at radius 1 is 1.10 bits per heavy atom. The van der Waals surface area contributed by atoms with Gasteiger partial charge in [-0.25, -0.2) is 4.79 Å². The minimum atomic E-state index is -0.784. The second-order valence-corrected chi connectivity index (χ2v) is 8.46. The van der Waals surface area contributed by atoms with Crippen molar-refractivity contribution in [3.05, 3.63) is 71.8 Å². The maximum atomic E-state index is 12.5. The molecule has 2 aromatic rings. The molecule has 1 N–H and O–H groups in total. The Hall–Kier alpha value is -1.86. The van der Waals surface area contributed by atoms with Gasteiger partial charge in [0.1, 0.15) is 17.6 Å². The highest BCUT2D eigenvalue weighted by atomic mass is 32.2. The van der Waals surface area contributed by atoms with Crippen LogP contribution in [-0.2, 0) is 20.8 Å². The zero-order valence-electron chi connectivity index (χ0n) is 16.8. The third kappa shape index (κ3) is 5.82. The van der Waals surface area contributed by atoms with Crippen molar-refractivity contribution in [1.82, 2.24) is 0 Å². The van der Waals surface area contributed by atoms with Gasteiger partial charge in [-0.2, -0.15) is 0 Å². The number of thioether (sulfide) groups is 1. The molecule has 0 radical (unpaired) electrons.